The molecule has 0 aliphatic carbocycles. The molecule has 3 aromatic rings. The summed E-state index contributed by atoms with van der Waals surface area (Å²) in [6.45, 7) is 3.70. The van der Waals surface area contributed by atoms with Crippen LogP contribution in [-0.4, -0.2) is 35.6 Å². The molecule has 0 radical (unpaired) electrons. The third-order valence-electron chi connectivity index (χ3n) is 5.81. The van der Waals surface area contributed by atoms with Crippen LogP contribution in [0.1, 0.15) is 22.3 Å². The summed E-state index contributed by atoms with van der Waals surface area (Å²) in [6.07, 6.45) is 1.56. The molecule has 0 bridgehead atoms. The van der Waals surface area contributed by atoms with E-state index in [1.54, 1.807) is 36.4 Å². The fourth-order valence-electron chi connectivity index (χ4n) is 3.65. The molecule has 38 heavy (non-hydrogen) atoms. The summed E-state index contributed by atoms with van der Waals surface area (Å²) in [7, 11) is 1.48. The van der Waals surface area contributed by atoms with Gasteiger partial charge in [-0.2, -0.15) is 0 Å². The van der Waals surface area contributed by atoms with Crippen molar-refractivity contribution in [1.29, 1.82) is 0 Å². The standard InChI is InChI=1S/C28H24BrFN2O5S/c1-16-4-9-21(10-17(16)2)31-25(33)14-32-27(34)24(38-28(32)35)13-19-11-22(29)26(23(12-19)36-3)37-15-18-5-7-20(30)8-6-18/h4-13H,14-15H2,1-3H3,(H,31,33)/b24-13+. The Morgan fingerprint density at radius 2 is 1.82 bits per heavy atom. The number of amides is 3. The topological polar surface area (TPSA) is 84.9 Å². The highest BCUT2D eigenvalue weighted by Crippen LogP contribution is 2.39. The zero-order valence-corrected chi connectivity index (χ0v) is 23.2. The number of anilines is 1. The molecule has 7 nitrogen and oxygen atoms in total. The van der Waals surface area contributed by atoms with Gasteiger partial charge >= 0.3 is 0 Å². The van der Waals surface area contributed by atoms with Gasteiger partial charge in [0.1, 0.15) is 19.0 Å². The van der Waals surface area contributed by atoms with Crippen LogP contribution in [0.15, 0.2) is 64.0 Å². The number of methoxy groups -OCH3 is 1. The predicted molar refractivity (Wildman–Crippen MR) is 149 cm³/mol. The molecule has 196 valence electrons. The van der Waals surface area contributed by atoms with Crippen molar-refractivity contribution in [2.75, 3.05) is 19.0 Å². The van der Waals surface area contributed by atoms with Crippen molar-refractivity contribution in [3.63, 3.8) is 0 Å². The molecule has 1 aliphatic rings. The SMILES string of the molecule is COc1cc(/C=C2/SC(=O)N(CC(=O)Nc3ccc(C)c(C)c3)C2=O)cc(Br)c1OCc1ccc(F)cc1. The molecule has 1 saturated heterocycles. The normalized spacial score (nSPS) is 14.2. The summed E-state index contributed by atoms with van der Waals surface area (Å²) in [5, 5.41) is 2.20. The summed E-state index contributed by atoms with van der Waals surface area (Å²) >= 11 is 4.23. The van der Waals surface area contributed by atoms with E-state index in [1.165, 1.54) is 19.2 Å². The largest absolute Gasteiger partial charge is 0.493 e. The second kappa shape index (κ2) is 11.8. The molecule has 1 aliphatic heterocycles. The van der Waals surface area contributed by atoms with E-state index in [1.807, 2.05) is 26.0 Å². The molecular weight excluding hydrogens is 575 g/mol. The highest BCUT2D eigenvalue weighted by Gasteiger charge is 2.36. The number of aryl methyl sites for hydroxylation is 2. The van der Waals surface area contributed by atoms with Gasteiger partial charge in [0, 0.05) is 5.69 Å². The molecule has 0 unspecified atom stereocenters. The van der Waals surface area contributed by atoms with E-state index in [4.69, 9.17) is 9.47 Å². The lowest BCUT2D eigenvalue weighted by Crippen LogP contribution is -2.36. The highest BCUT2D eigenvalue weighted by molar-refractivity contribution is 9.10. The van der Waals surface area contributed by atoms with Gasteiger partial charge in [0.05, 0.1) is 16.5 Å². The average Bonchev–Trinajstić information content (AvgIpc) is 3.13. The van der Waals surface area contributed by atoms with E-state index >= 15 is 0 Å². The van der Waals surface area contributed by atoms with Crippen molar-refractivity contribution in [3.05, 3.63) is 92.0 Å². The molecular formula is C28H24BrFN2O5S. The fourth-order valence-corrected chi connectivity index (χ4v) is 5.06. The van der Waals surface area contributed by atoms with Gasteiger partial charge in [0.25, 0.3) is 11.1 Å². The maximum atomic E-state index is 13.2. The lowest BCUT2D eigenvalue weighted by molar-refractivity contribution is -0.127. The molecule has 1 N–H and O–H groups in total. The molecule has 1 fully saturated rings. The maximum Gasteiger partial charge on any atom is 0.294 e. The zero-order chi connectivity index (χ0) is 27.4. The Morgan fingerprint density at radius 3 is 2.50 bits per heavy atom. The number of imide groups is 1. The van der Waals surface area contributed by atoms with Crippen molar-refractivity contribution >= 4 is 56.5 Å². The van der Waals surface area contributed by atoms with E-state index < -0.39 is 23.6 Å². The number of rotatable bonds is 8. The van der Waals surface area contributed by atoms with E-state index in [0.29, 0.717) is 27.2 Å². The first-order valence-corrected chi connectivity index (χ1v) is 13.1. The monoisotopic (exact) mass is 598 g/mol. The fraction of sp³-hybridized carbons (Fsp3) is 0.179. The Labute approximate surface area is 232 Å². The number of carbonyl (C=O) groups excluding carboxylic acids is 3. The number of benzene rings is 3. The minimum atomic E-state index is -0.554. The molecule has 10 heteroatoms. The van der Waals surface area contributed by atoms with Crippen LogP contribution in [0.3, 0.4) is 0 Å². The number of ether oxygens (including phenoxy) is 2. The summed E-state index contributed by atoms with van der Waals surface area (Å²) in [5.41, 5.74) is 4.08. The van der Waals surface area contributed by atoms with Crippen LogP contribution in [0.4, 0.5) is 14.9 Å². The van der Waals surface area contributed by atoms with Gasteiger partial charge in [-0.05, 0) is 106 Å². The van der Waals surface area contributed by atoms with Crippen molar-refractivity contribution < 1.29 is 28.2 Å². The van der Waals surface area contributed by atoms with Crippen LogP contribution in [0.25, 0.3) is 6.08 Å². The van der Waals surface area contributed by atoms with Gasteiger partial charge in [0.2, 0.25) is 5.91 Å². The summed E-state index contributed by atoms with van der Waals surface area (Å²) in [5.74, 6) is -0.515. The Hall–Kier alpha value is -3.63. The number of hydrogen-bond acceptors (Lipinski definition) is 6. The number of halogens is 2. The van der Waals surface area contributed by atoms with Gasteiger partial charge in [0.15, 0.2) is 11.5 Å². The van der Waals surface area contributed by atoms with Crippen molar-refractivity contribution in [2.24, 2.45) is 0 Å². The van der Waals surface area contributed by atoms with E-state index in [9.17, 15) is 18.8 Å². The first-order valence-electron chi connectivity index (χ1n) is 11.5. The average molecular weight is 599 g/mol. The van der Waals surface area contributed by atoms with E-state index in [0.717, 1.165) is 33.4 Å². The van der Waals surface area contributed by atoms with E-state index in [2.05, 4.69) is 21.2 Å². The lowest BCUT2D eigenvalue weighted by atomic mass is 10.1. The quantitative estimate of drug-likeness (QED) is 0.299. The lowest BCUT2D eigenvalue weighted by Gasteiger charge is -2.14. The molecule has 0 aromatic heterocycles. The Bertz CT molecular complexity index is 1440. The molecule has 0 atom stereocenters. The Balaban J connectivity index is 1.46. The van der Waals surface area contributed by atoms with Crippen molar-refractivity contribution in [1.82, 2.24) is 4.90 Å². The maximum absolute atomic E-state index is 13.2. The second-order valence-electron chi connectivity index (χ2n) is 8.56. The van der Waals surface area contributed by atoms with Crippen LogP contribution in [0.2, 0.25) is 0 Å². The van der Waals surface area contributed by atoms with Gasteiger partial charge in [-0.1, -0.05) is 18.2 Å². The minimum absolute atomic E-state index is 0.183. The summed E-state index contributed by atoms with van der Waals surface area (Å²) in [4.78, 5) is 39.1. The van der Waals surface area contributed by atoms with Crippen LogP contribution in [0, 0.1) is 19.7 Å². The minimum Gasteiger partial charge on any atom is -0.493 e. The third-order valence-corrected chi connectivity index (χ3v) is 7.31. The van der Waals surface area contributed by atoms with E-state index in [-0.39, 0.29) is 17.3 Å². The first kappa shape index (κ1) is 27.4. The highest BCUT2D eigenvalue weighted by atomic mass is 79.9. The van der Waals surface area contributed by atoms with Gasteiger partial charge < -0.3 is 14.8 Å². The number of carbonyl (C=O) groups is 3. The number of nitrogens with zero attached hydrogens (tertiary/aromatic N) is 1. The molecule has 0 saturated carbocycles. The van der Waals surface area contributed by atoms with Crippen LogP contribution in [-0.2, 0) is 16.2 Å². The Kier molecular flexibility index (Phi) is 8.53. The third kappa shape index (κ3) is 6.43. The van der Waals surface area contributed by atoms with Gasteiger partial charge in [-0.15, -0.1) is 0 Å². The van der Waals surface area contributed by atoms with Gasteiger partial charge in [-0.3, -0.25) is 19.3 Å². The first-order chi connectivity index (χ1) is 18.1. The van der Waals surface area contributed by atoms with Crippen LogP contribution in [0.5, 0.6) is 11.5 Å². The zero-order valence-electron chi connectivity index (χ0n) is 20.8. The van der Waals surface area contributed by atoms with Gasteiger partial charge in [-0.25, -0.2) is 4.39 Å². The number of thioether (sulfide) groups is 1. The summed E-state index contributed by atoms with van der Waals surface area (Å²) in [6, 6.07) is 14.9. The Morgan fingerprint density at radius 1 is 1.08 bits per heavy atom. The van der Waals surface area contributed by atoms with Crippen molar-refractivity contribution in [2.45, 2.75) is 20.5 Å². The molecule has 4 rings (SSSR count). The number of nitrogens with one attached hydrogen (secondary N) is 1. The summed E-state index contributed by atoms with van der Waals surface area (Å²) < 4.78 is 25.1. The predicted octanol–water partition coefficient (Wildman–Crippen LogP) is 6.47. The van der Waals surface area contributed by atoms with Crippen molar-refractivity contribution in [3.8, 4) is 11.5 Å². The molecule has 3 amide bonds. The molecule has 0 spiro atoms. The van der Waals surface area contributed by atoms with Crippen LogP contribution >= 0.6 is 27.7 Å². The van der Waals surface area contributed by atoms with Crippen LogP contribution < -0.4 is 14.8 Å². The second-order valence-corrected chi connectivity index (χ2v) is 10.4. The molecule has 3 aromatic carbocycles. The molecule has 1 heterocycles. The number of hydrogen-bond donors (Lipinski definition) is 1. The smallest absolute Gasteiger partial charge is 0.294 e.